The average Bonchev–Trinajstić information content (AvgIpc) is 2.64. The Kier molecular flexibility index (Phi) is 5.38. The van der Waals surface area contributed by atoms with E-state index in [1.165, 1.54) is 0 Å². The number of rotatable bonds is 7. The minimum absolute atomic E-state index is 0.0184. The van der Waals surface area contributed by atoms with E-state index in [1.54, 1.807) is 4.90 Å². The van der Waals surface area contributed by atoms with E-state index in [-0.39, 0.29) is 12.2 Å². The molecule has 0 radical (unpaired) electrons. The predicted octanol–water partition coefficient (Wildman–Crippen LogP) is -1.50. The maximum atomic E-state index is 11.3. The molecule has 5 N–H and O–H groups in total. The minimum atomic E-state index is 0.0184. The Balaban J connectivity index is 2.07. The fourth-order valence-electron chi connectivity index (χ4n) is 1.56. The van der Waals surface area contributed by atoms with Gasteiger partial charge in [-0.2, -0.15) is 0 Å². The monoisotopic (exact) mass is 215 g/mol. The number of nitrogens with zero attached hydrogens (tertiary/aromatic N) is 1. The van der Waals surface area contributed by atoms with Crippen molar-refractivity contribution >= 4 is 6.03 Å². The highest BCUT2D eigenvalue weighted by Crippen LogP contribution is 2.00. The quantitative estimate of drug-likeness (QED) is 0.389. The first-order valence-corrected chi connectivity index (χ1v) is 5.44. The predicted molar refractivity (Wildman–Crippen MR) is 59.5 cm³/mol. The van der Waals surface area contributed by atoms with Crippen LogP contribution in [0.15, 0.2) is 0 Å². The number of nitrogens with two attached hydrogens (primary N) is 1. The normalized spacial score (nSPS) is 18.0. The lowest BCUT2D eigenvalue weighted by Gasteiger charge is -2.24. The SMILES string of the molecule is CC(NCCNCCN)N1CCNC1=O. The molecule has 0 bridgehead atoms. The van der Waals surface area contributed by atoms with Gasteiger partial charge in [0.15, 0.2) is 0 Å². The zero-order chi connectivity index (χ0) is 11.1. The lowest BCUT2D eigenvalue weighted by molar-refractivity contribution is 0.191. The first kappa shape index (κ1) is 12.2. The van der Waals surface area contributed by atoms with E-state index in [0.717, 1.165) is 32.7 Å². The van der Waals surface area contributed by atoms with Crippen LogP contribution < -0.4 is 21.7 Å². The van der Waals surface area contributed by atoms with Crippen molar-refractivity contribution in [2.24, 2.45) is 5.73 Å². The average molecular weight is 215 g/mol. The van der Waals surface area contributed by atoms with Crippen LogP contribution in [0.25, 0.3) is 0 Å². The molecule has 1 saturated heterocycles. The number of hydrogen-bond donors (Lipinski definition) is 4. The first-order chi connectivity index (χ1) is 7.25. The van der Waals surface area contributed by atoms with Gasteiger partial charge in [0.25, 0.3) is 0 Å². The van der Waals surface area contributed by atoms with Gasteiger partial charge in [-0.05, 0) is 6.92 Å². The highest BCUT2D eigenvalue weighted by Gasteiger charge is 2.23. The summed E-state index contributed by atoms with van der Waals surface area (Å²) in [5.41, 5.74) is 5.34. The van der Waals surface area contributed by atoms with E-state index in [0.29, 0.717) is 6.54 Å². The van der Waals surface area contributed by atoms with E-state index >= 15 is 0 Å². The van der Waals surface area contributed by atoms with Crippen LogP contribution in [0.5, 0.6) is 0 Å². The second-order valence-electron chi connectivity index (χ2n) is 3.59. The van der Waals surface area contributed by atoms with Gasteiger partial charge >= 0.3 is 6.03 Å². The third-order valence-electron chi connectivity index (χ3n) is 2.42. The summed E-state index contributed by atoms with van der Waals surface area (Å²) in [7, 11) is 0. The summed E-state index contributed by atoms with van der Waals surface area (Å²) < 4.78 is 0. The van der Waals surface area contributed by atoms with E-state index in [9.17, 15) is 4.79 Å². The van der Waals surface area contributed by atoms with E-state index in [4.69, 9.17) is 5.73 Å². The second kappa shape index (κ2) is 6.60. The molecule has 0 aromatic heterocycles. The van der Waals surface area contributed by atoms with Crippen molar-refractivity contribution in [2.75, 3.05) is 39.3 Å². The zero-order valence-corrected chi connectivity index (χ0v) is 9.25. The molecular formula is C9H21N5O. The first-order valence-electron chi connectivity index (χ1n) is 5.44. The molecule has 0 saturated carbocycles. The Labute approximate surface area is 90.6 Å². The highest BCUT2D eigenvalue weighted by molar-refractivity contribution is 5.76. The van der Waals surface area contributed by atoms with Crippen molar-refractivity contribution in [3.8, 4) is 0 Å². The lowest BCUT2D eigenvalue weighted by Crippen LogP contribution is -2.47. The van der Waals surface area contributed by atoms with E-state index in [1.807, 2.05) is 6.92 Å². The van der Waals surface area contributed by atoms with Crippen LogP contribution >= 0.6 is 0 Å². The molecule has 1 aliphatic rings. The fourth-order valence-corrected chi connectivity index (χ4v) is 1.56. The molecule has 1 unspecified atom stereocenters. The van der Waals surface area contributed by atoms with Gasteiger partial charge in [0.2, 0.25) is 0 Å². The molecule has 1 atom stereocenters. The summed E-state index contributed by atoms with van der Waals surface area (Å²) in [6, 6.07) is 0.0184. The van der Waals surface area contributed by atoms with Crippen LogP contribution in [0.3, 0.4) is 0 Å². The number of amides is 2. The molecule has 0 aromatic rings. The maximum absolute atomic E-state index is 11.3. The molecule has 88 valence electrons. The second-order valence-corrected chi connectivity index (χ2v) is 3.59. The summed E-state index contributed by atoms with van der Waals surface area (Å²) in [6.45, 7) is 6.72. The highest BCUT2D eigenvalue weighted by atomic mass is 16.2. The molecule has 0 spiro atoms. The smallest absolute Gasteiger partial charge is 0.318 e. The standard InChI is InChI=1S/C9H21N5O/c1-8(12-5-4-11-3-2-10)14-7-6-13-9(14)15/h8,11-12H,2-7,10H2,1H3,(H,13,15). The molecule has 6 heteroatoms. The molecule has 2 amide bonds. The Bertz CT molecular complexity index is 199. The summed E-state index contributed by atoms with van der Waals surface area (Å²) in [4.78, 5) is 13.1. The molecule has 0 aromatic carbocycles. The zero-order valence-electron chi connectivity index (χ0n) is 9.25. The van der Waals surface area contributed by atoms with Gasteiger partial charge in [0.1, 0.15) is 0 Å². The molecule has 1 aliphatic heterocycles. The summed E-state index contributed by atoms with van der Waals surface area (Å²) >= 11 is 0. The Morgan fingerprint density at radius 3 is 2.93 bits per heavy atom. The summed E-state index contributed by atoms with van der Waals surface area (Å²) in [5, 5.41) is 9.24. The Morgan fingerprint density at radius 1 is 1.53 bits per heavy atom. The van der Waals surface area contributed by atoms with Gasteiger partial charge in [0, 0.05) is 39.3 Å². The van der Waals surface area contributed by atoms with Crippen molar-refractivity contribution in [1.29, 1.82) is 0 Å². The van der Waals surface area contributed by atoms with Crippen molar-refractivity contribution in [1.82, 2.24) is 20.9 Å². The van der Waals surface area contributed by atoms with Gasteiger partial charge in [0.05, 0.1) is 6.17 Å². The van der Waals surface area contributed by atoms with Crippen LogP contribution in [0, 0.1) is 0 Å². The maximum Gasteiger partial charge on any atom is 0.318 e. The number of hydrogen-bond acceptors (Lipinski definition) is 4. The van der Waals surface area contributed by atoms with Gasteiger partial charge < -0.3 is 21.3 Å². The number of urea groups is 1. The third kappa shape index (κ3) is 4.03. The van der Waals surface area contributed by atoms with Gasteiger partial charge in [-0.1, -0.05) is 0 Å². The van der Waals surface area contributed by atoms with Gasteiger partial charge in [-0.15, -0.1) is 0 Å². The van der Waals surface area contributed by atoms with Crippen LogP contribution in [-0.4, -0.2) is 56.4 Å². The summed E-state index contributed by atoms with van der Waals surface area (Å²) in [5.74, 6) is 0. The van der Waals surface area contributed by atoms with Crippen molar-refractivity contribution in [2.45, 2.75) is 13.1 Å². The topological polar surface area (TPSA) is 82.4 Å². The molecule has 1 rings (SSSR count). The molecular weight excluding hydrogens is 194 g/mol. The Hall–Kier alpha value is -0.850. The lowest BCUT2D eigenvalue weighted by atomic mass is 10.4. The van der Waals surface area contributed by atoms with Crippen LogP contribution in [-0.2, 0) is 0 Å². The van der Waals surface area contributed by atoms with E-state index < -0.39 is 0 Å². The van der Waals surface area contributed by atoms with Crippen LogP contribution in [0.4, 0.5) is 4.79 Å². The van der Waals surface area contributed by atoms with Crippen LogP contribution in [0.2, 0.25) is 0 Å². The largest absolute Gasteiger partial charge is 0.336 e. The fraction of sp³-hybridized carbons (Fsp3) is 0.889. The molecule has 1 heterocycles. The van der Waals surface area contributed by atoms with Crippen LogP contribution in [0.1, 0.15) is 6.92 Å². The summed E-state index contributed by atoms with van der Waals surface area (Å²) in [6.07, 6.45) is 0.0900. The van der Waals surface area contributed by atoms with Crippen molar-refractivity contribution in [3.05, 3.63) is 0 Å². The molecule has 0 aliphatic carbocycles. The molecule has 15 heavy (non-hydrogen) atoms. The van der Waals surface area contributed by atoms with Gasteiger partial charge in [-0.3, -0.25) is 5.32 Å². The third-order valence-corrected chi connectivity index (χ3v) is 2.42. The van der Waals surface area contributed by atoms with Crippen molar-refractivity contribution in [3.63, 3.8) is 0 Å². The minimum Gasteiger partial charge on any atom is -0.336 e. The Morgan fingerprint density at radius 2 is 2.33 bits per heavy atom. The van der Waals surface area contributed by atoms with E-state index in [2.05, 4.69) is 16.0 Å². The molecule has 6 nitrogen and oxygen atoms in total. The van der Waals surface area contributed by atoms with Gasteiger partial charge in [-0.25, -0.2) is 4.79 Å². The molecule has 1 fully saturated rings. The number of carbonyl (C=O) groups is 1. The number of nitrogens with one attached hydrogen (secondary N) is 3. The van der Waals surface area contributed by atoms with Crippen molar-refractivity contribution < 1.29 is 4.79 Å². The number of carbonyl (C=O) groups excluding carboxylic acids is 1.